The van der Waals surface area contributed by atoms with Crippen LogP contribution in [-0.2, 0) is 0 Å². The zero-order chi connectivity index (χ0) is 13.5. The van der Waals surface area contributed by atoms with Crippen LogP contribution in [0.4, 0.5) is 4.39 Å². The van der Waals surface area contributed by atoms with Gasteiger partial charge in [0.25, 0.3) is 0 Å². The normalized spacial score (nSPS) is 14.3. The summed E-state index contributed by atoms with van der Waals surface area (Å²) in [5.41, 5.74) is 0.618. The minimum Gasteiger partial charge on any atom is -0.489 e. The van der Waals surface area contributed by atoms with Crippen LogP contribution in [0.3, 0.4) is 0 Å². The first-order valence-electron chi connectivity index (χ1n) is 6.69. The quantitative estimate of drug-likeness (QED) is 0.800. The van der Waals surface area contributed by atoms with Crippen LogP contribution in [0.2, 0.25) is 0 Å². The van der Waals surface area contributed by atoms with Crippen LogP contribution < -0.4 is 10.1 Å². The summed E-state index contributed by atoms with van der Waals surface area (Å²) in [6, 6.07) is 5.37. The van der Waals surface area contributed by atoms with Crippen molar-refractivity contribution in [3.05, 3.63) is 29.6 Å². The highest BCUT2D eigenvalue weighted by atomic mass is 19.1. The standard InChI is InChI=1S/C15H24FNO/c1-5-6-12(3)17-10-13(4)18-14-7-8-15(16)11(2)9-14/h7-9,12-13,17H,5-6,10H2,1-4H3. The number of hydrogen-bond acceptors (Lipinski definition) is 2. The smallest absolute Gasteiger partial charge is 0.126 e. The predicted octanol–water partition coefficient (Wildman–Crippen LogP) is 3.68. The van der Waals surface area contributed by atoms with E-state index in [0.29, 0.717) is 11.6 Å². The van der Waals surface area contributed by atoms with Gasteiger partial charge in [0.05, 0.1) is 0 Å². The fraction of sp³-hybridized carbons (Fsp3) is 0.600. The molecule has 0 bridgehead atoms. The summed E-state index contributed by atoms with van der Waals surface area (Å²) in [7, 11) is 0. The minimum atomic E-state index is -0.190. The number of ether oxygens (including phenoxy) is 1. The summed E-state index contributed by atoms with van der Waals surface area (Å²) < 4.78 is 18.9. The number of rotatable bonds is 7. The van der Waals surface area contributed by atoms with Crippen molar-refractivity contribution in [3.63, 3.8) is 0 Å². The maximum Gasteiger partial charge on any atom is 0.126 e. The van der Waals surface area contributed by atoms with Gasteiger partial charge < -0.3 is 10.1 Å². The maximum absolute atomic E-state index is 13.1. The molecule has 0 saturated heterocycles. The molecule has 0 amide bonds. The van der Waals surface area contributed by atoms with Gasteiger partial charge in [-0.2, -0.15) is 0 Å². The Morgan fingerprint density at radius 1 is 1.33 bits per heavy atom. The average molecular weight is 253 g/mol. The molecule has 0 aliphatic rings. The predicted molar refractivity (Wildman–Crippen MR) is 73.6 cm³/mol. The molecule has 102 valence electrons. The van der Waals surface area contributed by atoms with Crippen molar-refractivity contribution in [1.29, 1.82) is 0 Å². The Balaban J connectivity index is 2.39. The summed E-state index contributed by atoms with van der Waals surface area (Å²) in [6.45, 7) is 8.92. The summed E-state index contributed by atoms with van der Waals surface area (Å²) in [5.74, 6) is 0.538. The van der Waals surface area contributed by atoms with E-state index in [1.54, 1.807) is 19.1 Å². The fourth-order valence-electron chi connectivity index (χ4n) is 1.87. The van der Waals surface area contributed by atoms with E-state index in [-0.39, 0.29) is 11.9 Å². The molecule has 0 aliphatic carbocycles. The Kier molecular flexibility index (Phi) is 6.13. The third-order valence-electron chi connectivity index (χ3n) is 2.94. The van der Waals surface area contributed by atoms with Crippen molar-refractivity contribution >= 4 is 0 Å². The molecule has 1 aromatic carbocycles. The zero-order valence-electron chi connectivity index (χ0n) is 11.8. The highest BCUT2D eigenvalue weighted by Gasteiger charge is 2.07. The van der Waals surface area contributed by atoms with Gasteiger partial charge in [-0.25, -0.2) is 4.39 Å². The van der Waals surface area contributed by atoms with E-state index < -0.39 is 0 Å². The second kappa shape index (κ2) is 7.37. The highest BCUT2D eigenvalue weighted by Crippen LogP contribution is 2.17. The van der Waals surface area contributed by atoms with Crippen LogP contribution in [0, 0.1) is 12.7 Å². The van der Waals surface area contributed by atoms with E-state index in [9.17, 15) is 4.39 Å². The van der Waals surface area contributed by atoms with E-state index >= 15 is 0 Å². The monoisotopic (exact) mass is 253 g/mol. The lowest BCUT2D eigenvalue weighted by Gasteiger charge is -2.19. The van der Waals surface area contributed by atoms with Gasteiger partial charge in [0.1, 0.15) is 17.7 Å². The molecule has 1 aromatic rings. The van der Waals surface area contributed by atoms with Gasteiger partial charge in [-0.05, 0) is 51.0 Å². The molecule has 2 atom stereocenters. The van der Waals surface area contributed by atoms with Crippen LogP contribution >= 0.6 is 0 Å². The molecule has 0 saturated carbocycles. The first-order chi connectivity index (χ1) is 8.52. The summed E-state index contributed by atoms with van der Waals surface area (Å²) in [4.78, 5) is 0. The van der Waals surface area contributed by atoms with Gasteiger partial charge in [-0.3, -0.25) is 0 Å². The summed E-state index contributed by atoms with van der Waals surface area (Å²) in [5, 5.41) is 3.43. The van der Waals surface area contributed by atoms with Crippen LogP contribution in [0.15, 0.2) is 18.2 Å². The van der Waals surface area contributed by atoms with Crippen LogP contribution in [0.1, 0.15) is 39.2 Å². The van der Waals surface area contributed by atoms with Crippen molar-refractivity contribution < 1.29 is 9.13 Å². The molecule has 0 spiro atoms. The van der Waals surface area contributed by atoms with Crippen molar-refractivity contribution in [2.24, 2.45) is 0 Å². The van der Waals surface area contributed by atoms with E-state index in [0.717, 1.165) is 12.3 Å². The molecular formula is C15H24FNO. The molecule has 2 nitrogen and oxygen atoms in total. The van der Waals surface area contributed by atoms with Gasteiger partial charge >= 0.3 is 0 Å². The molecule has 0 fully saturated rings. The summed E-state index contributed by atoms with van der Waals surface area (Å²) >= 11 is 0. The lowest BCUT2D eigenvalue weighted by Crippen LogP contribution is -2.34. The van der Waals surface area contributed by atoms with E-state index in [4.69, 9.17) is 4.74 Å². The molecule has 1 N–H and O–H groups in total. The number of benzene rings is 1. The third kappa shape index (κ3) is 5.05. The molecule has 0 radical (unpaired) electrons. The Bertz CT molecular complexity index is 368. The van der Waals surface area contributed by atoms with Crippen molar-refractivity contribution in [1.82, 2.24) is 5.32 Å². The fourth-order valence-corrected chi connectivity index (χ4v) is 1.87. The molecular weight excluding hydrogens is 229 g/mol. The van der Waals surface area contributed by atoms with Gasteiger partial charge in [0, 0.05) is 12.6 Å². The zero-order valence-corrected chi connectivity index (χ0v) is 11.8. The van der Waals surface area contributed by atoms with Crippen LogP contribution in [0.5, 0.6) is 5.75 Å². The van der Waals surface area contributed by atoms with Crippen molar-refractivity contribution in [2.75, 3.05) is 6.54 Å². The molecule has 0 aliphatic heterocycles. The van der Waals surface area contributed by atoms with E-state index in [2.05, 4.69) is 19.2 Å². The molecule has 2 unspecified atom stereocenters. The van der Waals surface area contributed by atoms with Gasteiger partial charge in [-0.1, -0.05) is 13.3 Å². The Labute approximate surface area is 110 Å². The summed E-state index contributed by atoms with van der Waals surface area (Å²) in [6.07, 6.45) is 2.43. The van der Waals surface area contributed by atoms with Crippen LogP contribution in [0.25, 0.3) is 0 Å². The first-order valence-corrected chi connectivity index (χ1v) is 6.69. The van der Waals surface area contributed by atoms with Crippen LogP contribution in [-0.4, -0.2) is 18.7 Å². The van der Waals surface area contributed by atoms with E-state index in [1.165, 1.54) is 18.9 Å². The highest BCUT2D eigenvalue weighted by molar-refractivity contribution is 5.28. The lowest BCUT2D eigenvalue weighted by molar-refractivity contribution is 0.211. The number of nitrogens with one attached hydrogen (secondary N) is 1. The minimum absolute atomic E-state index is 0.0779. The lowest BCUT2D eigenvalue weighted by atomic mass is 10.2. The largest absolute Gasteiger partial charge is 0.489 e. The second-order valence-electron chi connectivity index (χ2n) is 4.94. The number of hydrogen-bond donors (Lipinski definition) is 1. The maximum atomic E-state index is 13.1. The first kappa shape index (κ1) is 15.0. The van der Waals surface area contributed by atoms with Gasteiger partial charge in [0.15, 0.2) is 0 Å². The number of halogens is 1. The Hall–Kier alpha value is -1.09. The Morgan fingerprint density at radius 3 is 2.67 bits per heavy atom. The van der Waals surface area contributed by atoms with Gasteiger partial charge in [-0.15, -0.1) is 0 Å². The Morgan fingerprint density at radius 2 is 2.06 bits per heavy atom. The SMILES string of the molecule is CCCC(C)NCC(C)Oc1ccc(F)c(C)c1. The van der Waals surface area contributed by atoms with E-state index in [1.807, 2.05) is 6.92 Å². The third-order valence-corrected chi connectivity index (χ3v) is 2.94. The molecule has 3 heteroatoms. The van der Waals surface area contributed by atoms with Crippen molar-refractivity contribution in [3.8, 4) is 5.75 Å². The molecule has 0 heterocycles. The van der Waals surface area contributed by atoms with Crippen molar-refractivity contribution in [2.45, 2.75) is 52.7 Å². The van der Waals surface area contributed by atoms with Gasteiger partial charge in [0.2, 0.25) is 0 Å². The number of aryl methyl sites for hydroxylation is 1. The molecule has 18 heavy (non-hydrogen) atoms. The molecule has 1 rings (SSSR count). The second-order valence-corrected chi connectivity index (χ2v) is 4.94. The molecule has 0 aromatic heterocycles. The topological polar surface area (TPSA) is 21.3 Å². The average Bonchev–Trinajstić information content (AvgIpc) is 2.32.